The van der Waals surface area contributed by atoms with Gasteiger partial charge in [0.15, 0.2) is 11.5 Å². The molecular formula is C10H11NO3. The van der Waals surface area contributed by atoms with E-state index in [0.717, 1.165) is 13.0 Å². The van der Waals surface area contributed by atoms with Gasteiger partial charge < -0.3 is 9.32 Å². The maximum Gasteiger partial charge on any atom is 0.227 e. The highest BCUT2D eigenvalue weighted by Gasteiger charge is 2.23. The smallest absolute Gasteiger partial charge is 0.227 e. The number of anilines is 1. The Morgan fingerprint density at radius 2 is 2.36 bits per heavy atom. The fraction of sp³-hybridized carbons (Fsp3) is 0.400. The molecule has 0 N–H and O–H groups in total. The average Bonchev–Trinajstić information content (AvgIpc) is 2.71. The number of rotatable bonds is 2. The van der Waals surface area contributed by atoms with Gasteiger partial charge in [-0.15, -0.1) is 0 Å². The van der Waals surface area contributed by atoms with Gasteiger partial charge >= 0.3 is 0 Å². The molecule has 0 unspecified atom stereocenters. The van der Waals surface area contributed by atoms with Crippen molar-refractivity contribution in [3.63, 3.8) is 0 Å². The van der Waals surface area contributed by atoms with Crippen LogP contribution in [0, 0.1) is 0 Å². The number of Topliss-reactive ketones (excluding diaryl/α,β-unsaturated/α-hetero) is 1. The standard InChI is InChI=1S/C10H11NO3/c1-7(12)9-5-8(6-14-9)11-4-2-3-10(11)13/h5-6H,2-4H2,1H3. The average molecular weight is 193 g/mol. The summed E-state index contributed by atoms with van der Waals surface area (Å²) in [6.45, 7) is 2.16. The van der Waals surface area contributed by atoms with E-state index in [9.17, 15) is 9.59 Å². The van der Waals surface area contributed by atoms with Crippen LogP contribution in [0.1, 0.15) is 30.3 Å². The molecule has 4 heteroatoms. The van der Waals surface area contributed by atoms with Crippen LogP contribution in [0.4, 0.5) is 5.69 Å². The maximum atomic E-state index is 11.4. The Kier molecular flexibility index (Phi) is 2.11. The van der Waals surface area contributed by atoms with E-state index in [2.05, 4.69) is 0 Å². The molecule has 2 rings (SSSR count). The van der Waals surface area contributed by atoms with E-state index in [4.69, 9.17) is 4.42 Å². The molecule has 74 valence electrons. The van der Waals surface area contributed by atoms with Gasteiger partial charge in [-0.1, -0.05) is 0 Å². The highest BCUT2D eigenvalue weighted by molar-refractivity contribution is 5.97. The summed E-state index contributed by atoms with van der Waals surface area (Å²) >= 11 is 0. The number of furan rings is 1. The van der Waals surface area contributed by atoms with Gasteiger partial charge in [0, 0.05) is 26.0 Å². The molecule has 0 bridgehead atoms. The van der Waals surface area contributed by atoms with Crippen molar-refractivity contribution in [2.75, 3.05) is 11.4 Å². The zero-order chi connectivity index (χ0) is 10.1. The van der Waals surface area contributed by atoms with Gasteiger partial charge in [0.1, 0.15) is 6.26 Å². The van der Waals surface area contributed by atoms with Gasteiger partial charge in [-0.2, -0.15) is 0 Å². The number of nitrogens with zero attached hydrogens (tertiary/aromatic N) is 1. The fourth-order valence-electron chi connectivity index (χ4n) is 1.57. The molecule has 1 aliphatic rings. The monoisotopic (exact) mass is 193 g/mol. The van der Waals surface area contributed by atoms with Gasteiger partial charge in [-0.25, -0.2) is 0 Å². The Balaban J connectivity index is 2.24. The molecule has 0 aliphatic carbocycles. The first kappa shape index (κ1) is 8.99. The van der Waals surface area contributed by atoms with Gasteiger partial charge in [-0.3, -0.25) is 9.59 Å². The van der Waals surface area contributed by atoms with E-state index < -0.39 is 0 Å². The van der Waals surface area contributed by atoms with Gasteiger partial charge in [-0.05, 0) is 6.42 Å². The van der Waals surface area contributed by atoms with Crippen LogP contribution in [-0.2, 0) is 4.79 Å². The van der Waals surface area contributed by atoms with Crippen LogP contribution in [0.15, 0.2) is 16.7 Å². The van der Waals surface area contributed by atoms with Crippen molar-refractivity contribution < 1.29 is 14.0 Å². The first-order chi connectivity index (χ1) is 6.68. The van der Waals surface area contributed by atoms with E-state index in [1.807, 2.05) is 0 Å². The molecule has 1 saturated heterocycles. The second-order valence-corrected chi connectivity index (χ2v) is 3.37. The molecule has 1 aromatic heterocycles. The summed E-state index contributed by atoms with van der Waals surface area (Å²) < 4.78 is 5.04. The van der Waals surface area contributed by atoms with Crippen LogP contribution in [-0.4, -0.2) is 18.2 Å². The second kappa shape index (κ2) is 3.29. The fourth-order valence-corrected chi connectivity index (χ4v) is 1.57. The Labute approximate surface area is 81.5 Å². The van der Waals surface area contributed by atoms with Crippen LogP contribution in [0.2, 0.25) is 0 Å². The zero-order valence-corrected chi connectivity index (χ0v) is 7.95. The van der Waals surface area contributed by atoms with E-state index >= 15 is 0 Å². The third-order valence-corrected chi connectivity index (χ3v) is 2.32. The topological polar surface area (TPSA) is 50.5 Å². The summed E-state index contributed by atoms with van der Waals surface area (Å²) in [4.78, 5) is 24.0. The molecule has 0 aromatic carbocycles. The summed E-state index contributed by atoms with van der Waals surface area (Å²) in [5.41, 5.74) is 0.692. The predicted octanol–water partition coefficient (Wildman–Crippen LogP) is 1.61. The Morgan fingerprint density at radius 3 is 2.86 bits per heavy atom. The molecule has 0 saturated carbocycles. The minimum absolute atomic E-state index is 0.0981. The summed E-state index contributed by atoms with van der Waals surface area (Å²) in [5, 5.41) is 0. The lowest BCUT2D eigenvalue weighted by Gasteiger charge is -2.11. The molecule has 14 heavy (non-hydrogen) atoms. The Hall–Kier alpha value is -1.58. The van der Waals surface area contributed by atoms with Crippen molar-refractivity contribution in [1.29, 1.82) is 0 Å². The van der Waals surface area contributed by atoms with Gasteiger partial charge in [0.25, 0.3) is 0 Å². The van der Waals surface area contributed by atoms with Crippen LogP contribution in [0.3, 0.4) is 0 Å². The highest BCUT2D eigenvalue weighted by atomic mass is 16.3. The summed E-state index contributed by atoms with van der Waals surface area (Å²) in [6, 6.07) is 1.62. The van der Waals surface area contributed by atoms with E-state index in [1.165, 1.54) is 13.2 Å². The predicted molar refractivity (Wildman–Crippen MR) is 50.3 cm³/mol. The molecule has 1 fully saturated rings. The van der Waals surface area contributed by atoms with Crippen LogP contribution < -0.4 is 4.90 Å². The van der Waals surface area contributed by atoms with Gasteiger partial charge in [0.2, 0.25) is 5.91 Å². The zero-order valence-electron chi connectivity index (χ0n) is 7.95. The quantitative estimate of drug-likeness (QED) is 0.670. The SMILES string of the molecule is CC(=O)c1cc(N2CCCC2=O)co1. The van der Waals surface area contributed by atoms with Crippen molar-refractivity contribution in [2.24, 2.45) is 0 Å². The molecule has 1 aliphatic heterocycles. The largest absolute Gasteiger partial charge is 0.459 e. The summed E-state index contributed by atoms with van der Waals surface area (Å²) in [6.07, 6.45) is 2.92. The molecule has 2 heterocycles. The van der Waals surface area contributed by atoms with Gasteiger partial charge in [0.05, 0.1) is 5.69 Å². The Morgan fingerprint density at radius 1 is 1.57 bits per heavy atom. The Bertz CT molecular complexity index is 380. The molecule has 0 radical (unpaired) electrons. The minimum Gasteiger partial charge on any atom is -0.459 e. The number of amides is 1. The second-order valence-electron chi connectivity index (χ2n) is 3.37. The first-order valence-corrected chi connectivity index (χ1v) is 4.58. The lowest BCUT2D eigenvalue weighted by Crippen LogP contribution is -2.22. The van der Waals surface area contributed by atoms with Crippen molar-refractivity contribution >= 4 is 17.4 Å². The van der Waals surface area contributed by atoms with Crippen LogP contribution in [0.25, 0.3) is 0 Å². The molecular weight excluding hydrogens is 182 g/mol. The third kappa shape index (κ3) is 1.43. The highest BCUT2D eigenvalue weighted by Crippen LogP contribution is 2.23. The molecule has 1 amide bonds. The molecule has 0 atom stereocenters. The first-order valence-electron chi connectivity index (χ1n) is 4.58. The van der Waals surface area contributed by atoms with E-state index in [-0.39, 0.29) is 11.7 Å². The van der Waals surface area contributed by atoms with Crippen LogP contribution >= 0.6 is 0 Å². The number of hydrogen-bond donors (Lipinski definition) is 0. The van der Waals surface area contributed by atoms with Crippen LogP contribution in [0.5, 0.6) is 0 Å². The maximum absolute atomic E-state index is 11.4. The number of hydrogen-bond acceptors (Lipinski definition) is 3. The number of carbonyl (C=O) groups excluding carboxylic acids is 2. The van der Waals surface area contributed by atoms with Crippen molar-refractivity contribution in [3.05, 3.63) is 18.1 Å². The van der Waals surface area contributed by atoms with E-state index in [0.29, 0.717) is 17.9 Å². The van der Waals surface area contributed by atoms with Crippen molar-refractivity contribution in [3.8, 4) is 0 Å². The molecule has 1 aromatic rings. The molecule has 4 nitrogen and oxygen atoms in total. The normalized spacial score (nSPS) is 16.4. The summed E-state index contributed by atoms with van der Waals surface area (Å²) in [5.74, 6) is 0.281. The van der Waals surface area contributed by atoms with Crippen molar-refractivity contribution in [1.82, 2.24) is 0 Å². The lowest BCUT2D eigenvalue weighted by molar-refractivity contribution is -0.117. The number of carbonyl (C=O) groups is 2. The number of ketones is 1. The van der Waals surface area contributed by atoms with E-state index in [1.54, 1.807) is 11.0 Å². The summed E-state index contributed by atoms with van der Waals surface area (Å²) in [7, 11) is 0. The minimum atomic E-state index is -0.122. The third-order valence-electron chi connectivity index (χ3n) is 2.32. The molecule has 0 spiro atoms. The van der Waals surface area contributed by atoms with Crippen molar-refractivity contribution in [2.45, 2.75) is 19.8 Å². The lowest BCUT2D eigenvalue weighted by atomic mass is 10.3.